The van der Waals surface area contributed by atoms with Gasteiger partial charge in [0.05, 0.1) is 5.52 Å². The molecule has 1 heterocycles. The molecule has 2 aromatic carbocycles. The molecule has 3 rings (SSSR count). The standard InChI is InChI=1S/C15H10BrFN4O2/c16-9-4-6-10(7-5-9)19-15(23)20-21-8-18-12-3-1-2-11(17)13(12)14(21)22/h1-8H,(H2,19,20,23). The molecule has 0 fully saturated rings. The number of nitrogens with one attached hydrogen (secondary N) is 2. The lowest BCUT2D eigenvalue weighted by molar-refractivity contribution is 0.259. The highest BCUT2D eigenvalue weighted by molar-refractivity contribution is 9.10. The van der Waals surface area contributed by atoms with Crippen LogP contribution in [0.4, 0.5) is 14.9 Å². The summed E-state index contributed by atoms with van der Waals surface area (Å²) in [4.78, 5) is 28.1. The number of halogens is 2. The summed E-state index contributed by atoms with van der Waals surface area (Å²) in [5, 5.41) is 2.37. The molecule has 0 aliphatic carbocycles. The third-order valence-corrected chi connectivity index (χ3v) is 3.59. The van der Waals surface area contributed by atoms with Crippen LogP contribution in [0.15, 0.2) is 58.1 Å². The Labute approximate surface area is 138 Å². The number of aromatic nitrogens is 2. The first-order chi connectivity index (χ1) is 11.0. The van der Waals surface area contributed by atoms with Crippen molar-refractivity contribution in [3.63, 3.8) is 0 Å². The monoisotopic (exact) mass is 376 g/mol. The fourth-order valence-electron chi connectivity index (χ4n) is 2.01. The third-order valence-electron chi connectivity index (χ3n) is 3.06. The van der Waals surface area contributed by atoms with E-state index >= 15 is 0 Å². The molecule has 1 aromatic heterocycles. The molecule has 23 heavy (non-hydrogen) atoms. The Morgan fingerprint density at radius 2 is 1.91 bits per heavy atom. The second-order valence-electron chi connectivity index (χ2n) is 4.63. The van der Waals surface area contributed by atoms with Crippen molar-refractivity contribution < 1.29 is 9.18 Å². The van der Waals surface area contributed by atoms with Gasteiger partial charge < -0.3 is 5.32 Å². The van der Waals surface area contributed by atoms with E-state index in [-0.39, 0.29) is 10.9 Å². The fourth-order valence-corrected chi connectivity index (χ4v) is 2.27. The van der Waals surface area contributed by atoms with Crippen LogP contribution in [-0.2, 0) is 0 Å². The maximum atomic E-state index is 13.8. The van der Waals surface area contributed by atoms with Crippen LogP contribution in [0.3, 0.4) is 0 Å². The second kappa shape index (κ2) is 6.17. The lowest BCUT2D eigenvalue weighted by atomic mass is 10.2. The minimum absolute atomic E-state index is 0.182. The fraction of sp³-hybridized carbons (Fsp3) is 0. The van der Waals surface area contributed by atoms with Gasteiger partial charge in [-0.05, 0) is 36.4 Å². The van der Waals surface area contributed by atoms with Crippen LogP contribution in [0.25, 0.3) is 10.9 Å². The normalized spacial score (nSPS) is 10.5. The van der Waals surface area contributed by atoms with E-state index in [1.54, 1.807) is 24.3 Å². The summed E-state index contributed by atoms with van der Waals surface area (Å²) >= 11 is 3.29. The Morgan fingerprint density at radius 3 is 2.65 bits per heavy atom. The predicted octanol–water partition coefficient (Wildman–Crippen LogP) is 3.07. The number of fused-ring (bicyclic) bond motifs is 1. The largest absolute Gasteiger partial charge is 0.338 e. The van der Waals surface area contributed by atoms with Crippen molar-refractivity contribution in [3.05, 3.63) is 69.4 Å². The third kappa shape index (κ3) is 3.21. The van der Waals surface area contributed by atoms with E-state index in [4.69, 9.17) is 0 Å². The van der Waals surface area contributed by atoms with Crippen molar-refractivity contribution in [2.75, 3.05) is 10.7 Å². The molecule has 6 nitrogen and oxygen atoms in total. The van der Waals surface area contributed by atoms with Gasteiger partial charge in [-0.2, -0.15) is 0 Å². The molecule has 2 N–H and O–H groups in total. The summed E-state index contributed by atoms with van der Waals surface area (Å²) in [5.41, 5.74) is 2.37. The van der Waals surface area contributed by atoms with Crippen LogP contribution in [0, 0.1) is 5.82 Å². The lowest BCUT2D eigenvalue weighted by Crippen LogP contribution is -2.36. The maximum Gasteiger partial charge on any atom is 0.338 e. The number of benzene rings is 2. The number of carbonyl (C=O) groups excluding carboxylic acids is 1. The molecule has 0 saturated heterocycles. The average molecular weight is 377 g/mol. The molecule has 0 aliphatic heterocycles. The molecule has 0 atom stereocenters. The van der Waals surface area contributed by atoms with Gasteiger partial charge in [-0.15, -0.1) is 0 Å². The summed E-state index contributed by atoms with van der Waals surface area (Å²) in [6, 6.07) is 10.4. The van der Waals surface area contributed by atoms with E-state index in [1.165, 1.54) is 12.1 Å². The Morgan fingerprint density at radius 1 is 1.17 bits per heavy atom. The van der Waals surface area contributed by atoms with Crippen molar-refractivity contribution in [1.29, 1.82) is 0 Å². The van der Waals surface area contributed by atoms with E-state index in [9.17, 15) is 14.0 Å². The van der Waals surface area contributed by atoms with Crippen molar-refractivity contribution in [1.82, 2.24) is 9.66 Å². The molecular weight excluding hydrogens is 367 g/mol. The highest BCUT2D eigenvalue weighted by Gasteiger charge is 2.10. The van der Waals surface area contributed by atoms with Gasteiger partial charge in [0, 0.05) is 10.2 Å². The molecule has 0 unspecified atom stereocenters. The van der Waals surface area contributed by atoms with Gasteiger partial charge in [0.15, 0.2) is 0 Å². The Kier molecular flexibility index (Phi) is 4.07. The number of anilines is 1. The molecule has 0 saturated carbocycles. The van der Waals surface area contributed by atoms with Gasteiger partial charge >= 0.3 is 6.03 Å². The van der Waals surface area contributed by atoms with Gasteiger partial charge in [-0.3, -0.25) is 4.79 Å². The van der Waals surface area contributed by atoms with E-state index in [2.05, 4.69) is 31.7 Å². The maximum absolute atomic E-state index is 13.8. The van der Waals surface area contributed by atoms with E-state index in [0.29, 0.717) is 5.69 Å². The lowest BCUT2D eigenvalue weighted by Gasteiger charge is -2.10. The average Bonchev–Trinajstić information content (AvgIpc) is 2.52. The topological polar surface area (TPSA) is 76.0 Å². The number of urea groups is 1. The van der Waals surface area contributed by atoms with Crippen LogP contribution < -0.4 is 16.3 Å². The Hall–Kier alpha value is -2.74. The second-order valence-corrected chi connectivity index (χ2v) is 5.54. The number of amides is 2. The number of hydrogen-bond donors (Lipinski definition) is 2. The first kappa shape index (κ1) is 15.2. The number of carbonyl (C=O) groups is 1. The van der Waals surface area contributed by atoms with Crippen LogP contribution in [0.1, 0.15) is 0 Å². The molecule has 116 valence electrons. The molecule has 0 bridgehead atoms. The summed E-state index contributed by atoms with van der Waals surface area (Å²) in [6.45, 7) is 0. The zero-order valence-electron chi connectivity index (χ0n) is 11.6. The molecule has 0 spiro atoms. The smallest absolute Gasteiger partial charge is 0.307 e. The SMILES string of the molecule is O=C(Nc1ccc(Br)cc1)Nn1cnc2cccc(F)c2c1=O. The van der Waals surface area contributed by atoms with Gasteiger partial charge in [-0.1, -0.05) is 22.0 Å². The molecule has 0 radical (unpaired) electrons. The first-order valence-electron chi connectivity index (χ1n) is 6.54. The number of hydrogen-bond acceptors (Lipinski definition) is 3. The molecule has 0 aliphatic rings. The number of rotatable bonds is 2. The Bertz CT molecular complexity index is 940. The summed E-state index contributed by atoms with van der Waals surface area (Å²) in [5.74, 6) is -0.690. The van der Waals surface area contributed by atoms with E-state index in [1.807, 2.05) is 0 Å². The van der Waals surface area contributed by atoms with Gasteiger partial charge in [0.25, 0.3) is 5.56 Å². The van der Waals surface area contributed by atoms with Gasteiger partial charge in [0.1, 0.15) is 17.5 Å². The number of nitrogens with zero attached hydrogens (tertiary/aromatic N) is 2. The zero-order chi connectivity index (χ0) is 16.4. The van der Waals surface area contributed by atoms with Crippen molar-refractivity contribution in [3.8, 4) is 0 Å². The van der Waals surface area contributed by atoms with Crippen LogP contribution in [-0.4, -0.2) is 15.7 Å². The minimum Gasteiger partial charge on any atom is -0.307 e. The zero-order valence-corrected chi connectivity index (χ0v) is 13.2. The Balaban J connectivity index is 1.85. The molecule has 3 aromatic rings. The predicted molar refractivity (Wildman–Crippen MR) is 88.5 cm³/mol. The summed E-state index contributed by atoms with van der Waals surface area (Å²) in [6.07, 6.45) is 1.13. The molecule has 2 amide bonds. The van der Waals surface area contributed by atoms with Crippen LogP contribution in [0.5, 0.6) is 0 Å². The highest BCUT2D eigenvalue weighted by atomic mass is 79.9. The molecule has 8 heteroatoms. The highest BCUT2D eigenvalue weighted by Crippen LogP contribution is 2.14. The summed E-state index contributed by atoms with van der Waals surface area (Å²) in [7, 11) is 0. The van der Waals surface area contributed by atoms with Gasteiger partial charge in [-0.25, -0.2) is 24.3 Å². The van der Waals surface area contributed by atoms with Crippen molar-refractivity contribution in [2.45, 2.75) is 0 Å². The van der Waals surface area contributed by atoms with Gasteiger partial charge in [0.2, 0.25) is 0 Å². The summed E-state index contributed by atoms with van der Waals surface area (Å²) < 4.78 is 15.5. The van der Waals surface area contributed by atoms with E-state index in [0.717, 1.165) is 21.5 Å². The quantitative estimate of drug-likeness (QED) is 0.721. The van der Waals surface area contributed by atoms with E-state index < -0.39 is 17.4 Å². The minimum atomic E-state index is -0.695. The molecular formula is C15H10BrFN4O2. The first-order valence-corrected chi connectivity index (χ1v) is 7.33. The van der Waals surface area contributed by atoms with Crippen molar-refractivity contribution in [2.24, 2.45) is 0 Å². The van der Waals surface area contributed by atoms with Crippen LogP contribution in [0.2, 0.25) is 0 Å². The van der Waals surface area contributed by atoms with Crippen LogP contribution >= 0.6 is 15.9 Å². The van der Waals surface area contributed by atoms with Crippen molar-refractivity contribution >= 4 is 38.6 Å².